The van der Waals surface area contributed by atoms with E-state index in [-0.39, 0.29) is 66.5 Å². The second-order valence-electron chi connectivity index (χ2n) is 15.4. The molecule has 62 heavy (non-hydrogen) atoms. The Labute approximate surface area is 363 Å². The van der Waals surface area contributed by atoms with E-state index in [9.17, 15) is 23.6 Å². The van der Waals surface area contributed by atoms with Gasteiger partial charge in [0.25, 0.3) is 0 Å². The first-order chi connectivity index (χ1) is 30.1. The highest BCUT2D eigenvalue weighted by molar-refractivity contribution is 5.88. The molecule has 0 bridgehead atoms. The van der Waals surface area contributed by atoms with Crippen LogP contribution in [0, 0.1) is 17.7 Å². The van der Waals surface area contributed by atoms with E-state index in [2.05, 4.69) is 30.3 Å². The molecule has 13 heteroatoms. The Hall–Kier alpha value is -5.79. The van der Waals surface area contributed by atoms with E-state index in [0.717, 1.165) is 41.7 Å². The zero-order valence-electron chi connectivity index (χ0n) is 35.5. The molecule has 0 unspecified atom stereocenters. The minimum atomic E-state index is -0.465. The van der Waals surface area contributed by atoms with Crippen LogP contribution in [0.25, 0.3) is 11.1 Å². The third kappa shape index (κ3) is 15.3. The van der Waals surface area contributed by atoms with Gasteiger partial charge in [-0.05, 0) is 98.7 Å². The van der Waals surface area contributed by atoms with Crippen LogP contribution in [0.1, 0.15) is 94.2 Å². The standard InChI is InChI=1S/C49H57FN2O10/c1-4-9-34-12-24-43(44(50)30-34)36-13-10-35(11-14-36)32-51-52-33-39-31-42(61-48(55)37-15-19-40(20-16-37)57-26-7-28-59-46(53)5-2)23-25-45(39)62-49(56)38-17-21-41(22-18-38)58-27-8-29-60-47(54)6-3/h5-6,10-14,23-25,30-33,37-38,40-41H,2-4,7-9,15-22,26-29H2,1H3/b51-32+,52-33+. The maximum absolute atomic E-state index is 14.8. The normalized spacial score (nSPS) is 18.9. The van der Waals surface area contributed by atoms with Crippen molar-refractivity contribution in [3.8, 4) is 22.6 Å². The van der Waals surface area contributed by atoms with Crippen molar-refractivity contribution in [3.63, 3.8) is 0 Å². The van der Waals surface area contributed by atoms with E-state index in [1.807, 2.05) is 30.3 Å². The molecule has 2 saturated carbocycles. The van der Waals surface area contributed by atoms with Crippen molar-refractivity contribution >= 4 is 36.3 Å². The summed E-state index contributed by atoms with van der Waals surface area (Å²) in [6.45, 7) is 10.2. The molecule has 330 valence electrons. The Morgan fingerprint density at radius 1 is 0.677 bits per heavy atom. The van der Waals surface area contributed by atoms with Gasteiger partial charge in [0.2, 0.25) is 0 Å². The maximum atomic E-state index is 14.8. The number of esters is 4. The van der Waals surface area contributed by atoms with Crippen LogP contribution in [0.5, 0.6) is 11.5 Å². The van der Waals surface area contributed by atoms with Crippen molar-refractivity contribution in [2.75, 3.05) is 26.4 Å². The molecule has 0 spiro atoms. The Balaban J connectivity index is 1.19. The summed E-state index contributed by atoms with van der Waals surface area (Å²) in [5, 5.41) is 8.45. The van der Waals surface area contributed by atoms with E-state index < -0.39 is 11.9 Å². The largest absolute Gasteiger partial charge is 0.462 e. The lowest BCUT2D eigenvalue weighted by Gasteiger charge is -2.27. The van der Waals surface area contributed by atoms with Gasteiger partial charge in [-0.2, -0.15) is 10.2 Å². The number of hydrogen-bond donors (Lipinski definition) is 0. The summed E-state index contributed by atoms with van der Waals surface area (Å²) in [4.78, 5) is 49.1. The molecule has 0 amide bonds. The minimum absolute atomic E-state index is 0.00121. The predicted molar refractivity (Wildman–Crippen MR) is 234 cm³/mol. The van der Waals surface area contributed by atoms with Crippen LogP contribution >= 0.6 is 0 Å². The quantitative estimate of drug-likeness (QED) is 0.0239. The lowest BCUT2D eigenvalue weighted by atomic mass is 9.87. The molecule has 0 aliphatic heterocycles. The van der Waals surface area contributed by atoms with Crippen LogP contribution in [0.3, 0.4) is 0 Å². The zero-order valence-corrected chi connectivity index (χ0v) is 35.5. The number of carbonyl (C=O) groups is 4. The van der Waals surface area contributed by atoms with Crippen molar-refractivity contribution in [2.24, 2.45) is 22.0 Å². The molecule has 0 N–H and O–H groups in total. The van der Waals surface area contributed by atoms with Gasteiger partial charge < -0.3 is 28.4 Å². The van der Waals surface area contributed by atoms with Crippen molar-refractivity contribution in [1.82, 2.24) is 0 Å². The molecule has 0 atom stereocenters. The molecular weight excluding hydrogens is 796 g/mol. The van der Waals surface area contributed by atoms with Gasteiger partial charge in [-0.1, -0.05) is 62.9 Å². The Morgan fingerprint density at radius 3 is 1.79 bits per heavy atom. The molecule has 3 aromatic rings. The monoisotopic (exact) mass is 852 g/mol. The lowest BCUT2D eigenvalue weighted by Crippen LogP contribution is -2.29. The first kappa shape index (κ1) is 47.3. The van der Waals surface area contributed by atoms with Gasteiger partial charge in [0, 0.05) is 36.1 Å². The smallest absolute Gasteiger partial charge is 0.330 e. The second-order valence-corrected chi connectivity index (χ2v) is 15.4. The number of aryl methyl sites for hydroxylation is 1. The summed E-state index contributed by atoms with van der Waals surface area (Å²) in [6.07, 6.45) is 13.3. The van der Waals surface area contributed by atoms with E-state index in [1.54, 1.807) is 36.5 Å². The maximum Gasteiger partial charge on any atom is 0.330 e. The second kappa shape index (κ2) is 25.2. The van der Waals surface area contributed by atoms with Crippen molar-refractivity contribution in [1.29, 1.82) is 0 Å². The number of carbonyl (C=O) groups excluding carboxylic acids is 4. The third-order valence-electron chi connectivity index (χ3n) is 10.8. The predicted octanol–water partition coefficient (Wildman–Crippen LogP) is 9.10. The summed E-state index contributed by atoms with van der Waals surface area (Å²) >= 11 is 0. The van der Waals surface area contributed by atoms with Crippen LogP contribution in [-0.2, 0) is 44.5 Å². The van der Waals surface area contributed by atoms with Crippen LogP contribution in [0.15, 0.2) is 96.2 Å². The number of halogens is 1. The van der Waals surface area contributed by atoms with Crippen molar-refractivity contribution in [3.05, 3.63) is 108 Å². The molecule has 0 heterocycles. The van der Waals surface area contributed by atoms with Gasteiger partial charge in [0.15, 0.2) is 0 Å². The van der Waals surface area contributed by atoms with E-state index in [1.165, 1.54) is 6.21 Å². The topological polar surface area (TPSA) is 148 Å². The highest BCUT2D eigenvalue weighted by Gasteiger charge is 2.30. The Morgan fingerprint density at radius 2 is 1.24 bits per heavy atom. The van der Waals surface area contributed by atoms with Crippen LogP contribution in [0.2, 0.25) is 0 Å². The van der Waals surface area contributed by atoms with Gasteiger partial charge in [-0.3, -0.25) is 9.59 Å². The lowest BCUT2D eigenvalue weighted by molar-refractivity contribution is -0.142. The molecule has 0 radical (unpaired) electrons. The van der Waals surface area contributed by atoms with Gasteiger partial charge in [0.05, 0.1) is 62.9 Å². The first-order valence-electron chi connectivity index (χ1n) is 21.5. The van der Waals surface area contributed by atoms with Gasteiger partial charge in [0.1, 0.15) is 17.3 Å². The van der Waals surface area contributed by atoms with Gasteiger partial charge in [-0.25, -0.2) is 14.0 Å². The number of nitrogens with zero attached hydrogens (tertiary/aromatic N) is 2. The van der Waals surface area contributed by atoms with E-state index in [0.29, 0.717) is 88.5 Å². The van der Waals surface area contributed by atoms with Crippen LogP contribution in [0.4, 0.5) is 4.39 Å². The molecule has 12 nitrogen and oxygen atoms in total. The molecule has 3 aromatic carbocycles. The summed E-state index contributed by atoms with van der Waals surface area (Å²) in [5.74, 6) is -2.05. The third-order valence-corrected chi connectivity index (χ3v) is 10.8. The highest BCUT2D eigenvalue weighted by atomic mass is 19.1. The van der Waals surface area contributed by atoms with Gasteiger partial charge >= 0.3 is 23.9 Å². The summed E-state index contributed by atoms with van der Waals surface area (Å²) in [7, 11) is 0. The fourth-order valence-corrected chi connectivity index (χ4v) is 7.37. The molecule has 2 aliphatic rings. The summed E-state index contributed by atoms with van der Waals surface area (Å²) < 4.78 is 48.4. The fourth-order valence-electron chi connectivity index (χ4n) is 7.37. The van der Waals surface area contributed by atoms with Crippen molar-refractivity contribution < 1.29 is 52.0 Å². The fraction of sp³-hybridized carbons (Fsp3) is 0.429. The number of ether oxygens (including phenoxy) is 6. The SMILES string of the molecule is C=CC(=O)OCCCOC1CCC(C(=O)Oc2ccc(OC(=O)C3CCC(OCCCOC(=O)C=C)CC3)c(/C=N/N=C/c3ccc(-c4ccc(CCC)cc4F)cc3)c2)CC1. The average Bonchev–Trinajstić information content (AvgIpc) is 3.29. The number of hydrogen-bond acceptors (Lipinski definition) is 12. The molecular formula is C49H57FN2O10. The average molecular weight is 853 g/mol. The van der Waals surface area contributed by atoms with Crippen LogP contribution in [-0.4, -0.2) is 74.9 Å². The molecule has 2 fully saturated rings. The number of benzene rings is 3. The van der Waals surface area contributed by atoms with E-state index >= 15 is 0 Å². The summed E-state index contributed by atoms with van der Waals surface area (Å²) in [6, 6.07) is 17.4. The molecule has 2 aliphatic carbocycles. The Kier molecular flexibility index (Phi) is 19.2. The first-order valence-corrected chi connectivity index (χ1v) is 21.5. The highest BCUT2D eigenvalue weighted by Crippen LogP contribution is 2.32. The molecule has 5 rings (SSSR count). The zero-order chi connectivity index (χ0) is 44.1. The molecule has 0 aromatic heterocycles. The Bertz CT molecular complexity index is 2030. The van der Waals surface area contributed by atoms with Crippen LogP contribution < -0.4 is 9.47 Å². The minimum Gasteiger partial charge on any atom is -0.462 e. The van der Waals surface area contributed by atoms with Crippen molar-refractivity contribution in [2.45, 2.75) is 96.2 Å². The summed E-state index contributed by atoms with van der Waals surface area (Å²) in [5.41, 5.74) is 3.37. The molecule has 0 saturated heterocycles. The van der Waals surface area contributed by atoms with Gasteiger partial charge in [-0.15, -0.1) is 0 Å². The number of rotatable bonds is 22. The van der Waals surface area contributed by atoms with E-state index in [4.69, 9.17) is 28.4 Å².